The van der Waals surface area contributed by atoms with Crippen molar-refractivity contribution in [1.29, 1.82) is 0 Å². The Morgan fingerprint density at radius 1 is 1.24 bits per heavy atom. The van der Waals surface area contributed by atoms with Crippen LogP contribution >= 0.6 is 0 Å². The summed E-state index contributed by atoms with van der Waals surface area (Å²) in [6, 6.07) is 0. The van der Waals surface area contributed by atoms with E-state index in [0.29, 0.717) is 12.6 Å². The van der Waals surface area contributed by atoms with E-state index in [2.05, 4.69) is 0 Å². The molecule has 0 spiro atoms. The first kappa shape index (κ1) is 18.1. The summed E-state index contributed by atoms with van der Waals surface area (Å²) in [6.45, 7) is 1.61. The van der Waals surface area contributed by atoms with E-state index in [0.717, 1.165) is 13.0 Å². The normalized spacial score (nSPS) is 20.8. The van der Waals surface area contributed by atoms with Crippen LogP contribution in [0.15, 0.2) is 0 Å². The molecule has 3 atom stereocenters. The van der Waals surface area contributed by atoms with E-state index in [9.17, 15) is 9.59 Å². The minimum atomic E-state index is -2.27. The van der Waals surface area contributed by atoms with E-state index in [-0.39, 0.29) is 5.48 Å². The summed E-state index contributed by atoms with van der Waals surface area (Å²) in [6.07, 6.45) is -2.98. The summed E-state index contributed by atoms with van der Waals surface area (Å²) >= 11 is 0. The number of hydrogen-bond acceptors (Lipinski definition) is 6. The molecule has 0 saturated carbocycles. The predicted molar refractivity (Wildman–Crippen MR) is 54.3 cm³/mol. The highest BCUT2D eigenvalue weighted by Crippen LogP contribution is 2.07. The summed E-state index contributed by atoms with van der Waals surface area (Å²) in [5.41, 5.74) is 5.21. The quantitative estimate of drug-likeness (QED) is 0.347. The molecule has 0 radical (unpaired) electrons. The zero-order chi connectivity index (χ0) is 12.7. The molecular weight excluding hydrogens is 238 g/mol. The molecule has 1 fully saturated rings. The second kappa shape index (κ2) is 8.84. The lowest BCUT2D eigenvalue weighted by Crippen LogP contribution is -2.39. The minimum absolute atomic E-state index is 0. The number of nitrogens with two attached hydrogens (primary N) is 1. The van der Waals surface area contributed by atoms with Crippen molar-refractivity contribution in [1.82, 2.24) is 0 Å². The number of ether oxygens (including phenoxy) is 1. The van der Waals surface area contributed by atoms with Gasteiger partial charge in [-0.15, -0.1) is 0 Å². The van der Waals surface area contributed by atoms with Gasteiger partial charge in [-0.3, -0.25) is 0 Å². The smallest absolute Gasteiger partial charge is 0.335 e. The van der Waals surface area contributed by atoms with E-state index in [4.69, 9.17) is 30.9 Å². The van der Waals surface area contributed by atoms with Crippen LogP contribution in [0.5, 0.6) is 0 Å². The number of aliphatic hydroxyl groups is 2. The van der Waals surface area contributed by atoms with Crippen LogP contribution in [0.25, 0.3) is 0 Å². The first-order valence-electron chi connectivity index (χ1n) is 4.53. The lowest BCUT2D eigenvalue weighted by Gasteiger charge is -2.24. The predicted octanol–water partition coefficient (Wildman–Crippen LogP) is -3.21. The number of carboxylic acids is 2. The number of carbonyl (C=O) groups is 2. The van der Waals surface area contributed by atoms with Crippen LogP contribution in [0.4, 0.5) is 0 Å². The Bertz CT molecular complexity index is 221. The Labute approximate surface area is 96.7 Å². The molecule has 1 aliphatic rings. The second-order valence-electron chi connectivity index (χ2n) is 3.08. The third-order valence-electron chi connectivity index (χ3n) is 1.86. The van der Waals surface area contributed by atoms with Crippen molar-refractivity contribution in [2.45, 2.75) is 24.7 Å². The van der Waals surface area contributed by atoms with Crippen molar-refractivity contribution in [3.05, 3.63) is 0 Å². The Kier molecular flexibility index (Phi) is 9.42. The molecule has 8 N–H and O–H groups in total. The molecular formula is C8H17NO8. The first-order valence-corrected chi connectivity index (χ1v) is 4.53. The molecule has 9 heteroatoms. The zero-order valence-electron chi connectivity index (χ0n) is 8.94. The van der Waals surface area contributed by atoms with Gasteiger partial charge in [0.2, 0.25) is 0 Å². The van der Waals surface area contributed by atoms with Crippen LogP contribution in [0.1, 0.15) is 6.42 Å². The molecule has 1 aliphatic heterocycles. The third-order valence-corrected chi connectivity index (χ3v) is 1.86. The van der Waals surface area contributed by atoms with Gasteiger partial charge >= 0.3 is 11.9 Å². The molecule has 0 amide bonds. The summed E-state index contributed by atoms with van der Waals surface area (Å²) in [5.74, 6) is -3.54. The van der Waals surface area contributed by atoms with Gasteiger partial charge in [-0.1, -0.05) is 0 Å². The Morgan fingerprint density at radius 2 is 1.59 bits per heavy atom. The minimum Gasteiger partial charge on any atom is -0.479 e. The summed E-state index contributed by atoms with van der Waals surface area (Å²) in [4.78, 5) is 19.5. The van der Waals surface area contributed by atoms with Gasteiger partial charge in [0.15, 0.2) is 12.2 Å². The highest BCUT2D eigenvalue weighted by molar-refractivity contribution is 5.83. The maximum absolute atomic E-state index is 9.77. The fraction of sp³-hybridized carbons (Fsp3) is 0.750. The largest absolute Gasteiger partial charge is 0.479 e. The zero-order valence-corrected chi connectivity index (χ0v) is 8.94. The van der Waals surface area contributed by atoms with Gasteiger partial charge in [-0.05, 0) is 6.42 Å². The molecule has 0 unspecified atom stereocenters. The molecule has 1 heterocycles. The summed E-state index contributed by atoms with van der Waals surface area (Å²) in [7, 11) is 0. The van der Waals surface area contributed by atoms with Crippen molar-refractivity contribution >= 4 is 11.9 Å². The summed E-state index contributed by atoms with van der Waals surface area (Å²) in [5, 5.41) is 32.5. The van der Waals surface area contributed by atoms with Crippen molar-refractivity contribution in [2.24, 2.45) is 5.73 Å². The molecule has 9 nitrogen and oxygen atoms in total. The average Bonchev–Trinajstić information content (AvgIpc) is 2.14. The van der Waals surface area contributed by atoms with Crippen LogP contribution in [-0.2, 0) is 14.3 Å². The fourth-order valence-corrected chi connectivity index (χ4v) is 0.741. The Balaban J connectivity index is 0. The van der Waals surface area contributed by atoms with Crippen LogP contribution in [-0.4, -0.2) is 69.3 Å². The monoisotopic (exact) mass is 255 g/mol. The summed E-state index contributed by atoms with van der Waals surface area (Å²) < 4.78 is 4.95. The van der Waals surface area contributed by atoms with Crippen LogP contribution in [0.2, 0.25) is 0 Å². The average molecular weight is 255 g/mol. The van der Waals surface area contributed by atoms with Gasteiger partial charge in [0.25, 0.3) is 0 Å². The van der Waals surface area contributed by atoms with E-state index in [1.54, 1.807) is 0 Å². The molecule has 0 aromatic carbocycles. The molecule has 17 heavy (non-hydrogen) atoms. The SMILES string of the molecule is NC[C@@H]1CCO1.O.O=C(O)[C@@H](O)[C@H](O)C(=O)O. The van der Waals surface area contributed by atoms with Crippen molar-refractivity contribution in [3.8, 4) is 0 Å². The van der Waals surface area contributed by atoms with Crippen LogP contribution in [0, 0.1) is 0 Å². The maximum Gasteiger partial charge on any atom is 0.335 e. The van der Waals surface area contributed by atoms with Gasteiger partial charge in [0.05, 0.1) is 6.10 Å². The Morgan fingerprint density at radius 3 is 1.65 bits per heavy atom. The molecule has 0 aliphatic carbocycles. The topological polar surface area (TPSA) is 182 Å². The number of rotatable bonds is 4. The number of hydrogen-bond donors (Lipinski definition) is 5. The molecule has 102 valence electrons. The number of carboxylic acid groups (broad SMARTS) is 2. The standard InChI is InChI=1S/C4H9NO.C4H6O6.H2O/c5-3-4-1-2-6-4;5-1(3(7)8)2(6)4(9)10;/h4H,1-3,5H2;1-2,5-6H,(H,7,8)(H,9,10);1H2/t4-;1-,2-;/m00./s1. The van der Waals surface area contributed by atoms with E-state index in [1.807, 2.05) is 0 Å². The van der Waals surface area contributed by atoms with E-state index < -0.39 is 24.1 Å². The number of aliphatic hydroxyl groups excluding tert-OH is 2. The highest BCUT2D eigenvalue weighted by Gasteiger charge is 2.29. The third kappa shape index (κ3) is 6.81. The van der Waals surface area contributed by atoms with Crippen molar-refractivity contribution in [2.75, 3.05) is 13.2 Å². The molecule has 0 aromatic rings. The van der Waals surface area contributed by atoms with Crippen LogP contribution < -0.4 is 5.73 Å². The van der Waals surface area contributed by atoms with Crippen LogP contribution in [0.3, 0.4) is 0 Å². The molecule has 0 aromatic heterocycles. The first-order chi connectivity index (χ1) is 7.40. The van der Waals surface area contributed by atoms with Gasteiger partial charge in [-0.25, -0.2) is 9.59 Å². The van der Waals surface area contributed by atoms with Gasteiger partial charge in [-0.2, -0.15) is 0 Å². The number of aliphatic carboxylic acids is 2. The van der Waals surface area contributed by atoms with E-state index in [1.165, 1.54) is 0 Å². The lowest BCUT2D eigenvalue weighted by atomic mass is 10.2. The lowest BCUT2D eigenvalue weighted by molar-refractivity contribution is -0.165. The van der Waals surface area contributed by atoms with Crippen molar-refractivity contribution in [3.63, 3.8) is 0 Å². The van der Waals surface area contributed by atoms with Gasteiger partial charge in [0.1, 0.15) is 0 Å². The van der Waals surface area contributed by atoms with Gasteiger partial charge < -0.3 is 36.4 Å². The maximum atomic E-state index is 9.77. The highest BCUT2D eigenvalue weighted by atomic mass is 16.5. The van der Waals surface area contributed by atoms with Gasteiger partial charge in [0, 0.05) is 13.2 Å². The second-order valence-corrected chi connectivity index (χ2v) is 3.08. The van der Waals surface area contributed by atoms with Crippen molar-refractivity contribution < 1.29 is 40.2 Å². The Hall–Kier alpha value is -1.26. The van der Waals surface area contributed by atoms with E-state index >= 15 is 0 Å². The fourth-order valence-electron chi connectivity index (χ4n) is 0.741. The molecule has 0 bridgehead atoms. The molecule has 1 rings (SSSR count). The molecule has 1 saturated heterocycles.